The fourth-order valence-electron chi connectivity index (χ4n) is 2.59. The highest BCUT2D eigenvalue weighted by atomic mass is 35.5. The monoisotopic (exact) mass is 422 g/mol. The molecule has 2 amide bonds. The first kappa shape index (κ1) is 20.0. The van der Waals surface area contributed by atoms with E-state index in [1.807, 2.05) is 0 Å². The van der Waals surface area contributed by atoms with Crippen LogP contribution < -0.4 is 0 Å². The van der Waals surface area contributed by atoms with Crippen LogP contribution in [0.25, 0.3) is 0 Å². The summed E-state index contributed by atoms with van der Waals surface area (Å²) in [5.41, 5.74) is 0.456. The van der Waals surface area contributed by atoms with E-state index >= 15 is 0 Å². The number of hydrogen-bond acceptors (Lipinski definition) is 6. The maximum Gasteiger partial charge on any atom is 0.323 e. The number of ether oxygens (including phenoxy) is 1. The maximum atomic E-state index is 12.4. The van der Waals surface area contributed by atoms with Crippen LogP contribution in [0.4, 0.5) is 0 Å². The van der Waals surface area contributed by atoms with Crippen molar-refractivity contribution in [3.05, 3.63) is 64.7 Å². The summed E-state index contributed by atoms with van der Waals surface area (Å²) in [7, 11) is -2.71. The minimum Gasteiger partial charge on any atom is -0.443 e. The van der Waals surface area contributed by atoms with Crippen molar-refractivity contribution < 1.29 is 27.5 Å². The van der Waals surface area contributed by atoms with E-state index in [1.54, 1.807) is 12.1 Å². The van der Waals surface area contributed by atoms with Crippen LogP contribution in [0.1, 0.15) is 20.7 Å². The van der Waals surface area contributed by atoms with Crippen LogP contribution in [-0.4, -0.2) is 55.7 Å². The lowest BCUT2D eigenvalue weighted by molar-refractivity contribution is -0.146. The number of nitrogens with zero attached hydrogens (tertiary/aromatic N) is 2. The third-order valence-electron chi connectivity index (χ3n) is 4.11. The molecular weight excluding hydrogens is 408 g/mol. The maximum absolute atomic E-state index is 12.4. The number of carbonyl (C=O) groups is 3. The highest BCUT2D eigenvalue weighted by Gasteiger charge is 2.36. The molecule has 1 heterocycles. The lowest BCUT2D eigenvalue weighted by Gasteiger charge is -2.18. The molecule has 1 aliphatic rings. The molecule has 0 unspecified atom stereocenters. The van der Waals surface area contributed by atoms with Crippen molar-refractivity contribution in [3.8, 4) is 0 Å². The molecular formula is C18H15ClN2O6S. The van der Waals surface area contributed by atoms with E-state index in [1.165, 1.54) is 43.4 Å². The van der Waals surface area contributed by atoms with E-state index in [4.69, 9.17) is 16.3 Å². The number of amides is 2. The molecule has 0 N–H and O–H groups in total. The average Bonchev–Trinajstić information content (AvgIpc) is 2.91. The van der Waals surface area contributed by atoms with Gasteiger partial charge < -0.3 is 4.74 Å². The van der Waals surface area contributed by atoms with Gasteiger partial charge >= 0.3 is 5.97 Å². The number of likely N-dealkylation sites (N-methyl/N-ethyl adjacent to an activating group) is 1. The van der Waals surface area contributed by atoms with E-state index in [2.05, 4.69) is 0 Å². The summed E-state index contributed by atoms with van der Waals surface area (Å²) >= 11 is 5.74. The fourth-order valence-corrected chi connectivity index (χ4v) is 3.83. The van der Waals surface area contributed by atoms with Crippen LogP contribution in [0.2, 0.25) is 5.02 Å². The van der Waals surface area contributed by atoms with Crippen LogP contribution in [0.5, 0.6) is 0 Å². The number of rotatable bonds is 6. The van der Waals surface area contributed by atoms with Gasteiger partial charge in [0.05, 0.1) is 16.0 Å². The van der Waals surface area contributed by atoms with Crippen molar-refractivity contribution in [1.29, 1.82) is 0 Å². The summed E-state index contributed by atoms with van der Waals surface area (Å²) in [6.45, 7) is -1.19. The lowest BCUT2D eigenvalue weighted by Crippen LogP contribution is -2.37. The summed E-state index contributed by atoms with van der Waals surface area (Å²) in [5, 5.41) is 0.377. The van der Waals surface area contributed by atoms with Crippen molar-refractivity contribution in [1.82, 2.24) is 9.21 Å². The van der Waals surface area contributed by atoms with Crippen molar-refractivity contribution in [3.63, 3.8) is 0 Å². The van der Waals surface area contributed by atoms with Crippen LogP contribution in [0, 0.1) is 0 Å². The smallest absolute Gasteiger partial charge is 0.323 e. The first-order valence-electron chi connectivity index (χ1n) is 8.04. The van der Waals surface area contributed by atoms with E-state index < -0.39 is 41.1 Å². The Bertz CT molecular complexity index is 1020. The van der Waals surface area contributed by atoms with Gasteiger partial charge in [0.1, 0.15) is 6.54 Å². The zero-order chi connectivity index (χ0) is 20.5. The number of sulfonamides is 1. The number of imide groups is 1. The van der Waals surface area contributed by atoms with Gasteiger partial charge in [0.2, 0.25) is 10.0 Å². The molecule has 8 nitrogen and oxygen atoms in total. The molecule has 3 rings (SSSR count). The highest BCUT2D eigenvalue weighted by Crippen LogP contribution is 2.22. The molecule has 0 bridgehead atoms. The normalized spacial score (nSPS) is 13.8. The van der Waals surface area contributed by atoms with Crippen molar-refractivity contribution in [2.75, 3.05) is 20.3 Å². The molecule has 10 heteroatoms. The minimum atomic E-state index is -3.93. The Morgan fingerprint density at radius 2 is 1.57 bits per heavy atom. The first-order chi connectivity index (χ1) is 13.2. The number of carbonyl (C=O) groups excluding carboxylic acids is 3. The first-order valence-corrected chi connectivity index (χ1v) is 9.86. The van der Waals surface area contributed by atoms with Gasteiger partial charge in [-0.25, -0.2) is 13.3 Å². The largest absolute Gasteiger partial charge is 0.443 e. The predicted molar refractivity (Wildman–Crippen MR) is 99.2 cm³/mol. The number of benzene rings is 2. The molecule has 0 spiro atoms. The van der Waals surface area contributed by atoms with Crippen molar-refractivity contribution in [2.45, 2.75) is 4.90 Å². The molecule has 0 aromatic heterocycles. The Labute approximate surface area is 166 Å². The molecule has 0 saturated heterocycles. The molecule has 0 aliphatic carbocycles. The standard InChI is InChI=1S/C18H15ClN2O6S/c1-20(28(25,26)13-8-6-12(19)7-9-13)10-16(22)27-11-21-17(23)14-4-2-3-5-15(14)18(21)24/h2-9H,10-11H2,1H3. The molecule has 0 radical (unpaired) electrons. The molecule has 0 saturated carbocycles. The number of fused-ring (bicyclic) bond motifs is 1. The molecule has 0 fully saturated rings. The molecule has 2 aromatic rings. The number of halogens is 1. The summed E-state index contributed by atoms with van der Waals surface area (Å²) in [6.07, 6.45) is 0. The second kappa shape index (κ2) is 7.70. The Morgan fingerprint density at radius 1 is 1.04 bits per heavy atom. The van der Waals surface area contributed by atoms with Crippen molar-refractivity contribution >= 4 is 39.4 Å². The van der Waals surface area contributed by atoms with Crippen LogP contribution in [0.15, 0.2) is 53.4 Å². The Balaban J connectivity index is 1.61. The van der Waals surface area contributed by atoms with Crippen LogP contribution in [0.3, 0.4) is 0 Å². The minimum absolute atomic E-state index is 0.0347. The zero-order valence-corrected chi connectivity index (χ0v) is 16.2. The highest BCUT2D eigenvalue weighted by molar-refractivity contribution is 7.89. The van der Waals surface area contributed by atoms with Gasteiger partial charge in [0, 0.05) is 12.1 Å². The van der Waals surface area contributed by atoms with E-state index in [0.29, 0.717) is 5.02 Å². The third kappa shape index (κ3) is 3.77. The molecule has 1 aliphatic heterocycles. The summed E-state index contributed by atoms with van der Waals surface area (Å²) in [5.74, 6) is -2.05. The lowest BCUT2D eigenvalue weighted by atomic mass is 10.1. The predicted octanol–water partition coefficient (Wildman–Crippen LogP) is 1.76. The third-order valence-corrected chi connectivity index (χ3v) is 6.18. The number of esters is 1. The second-order valence-electron chi connectivity index (χ2n) is 5.94. The molecule has 2 aromatic carbocycles. The van der Waals surface area contributed by atoms with Gasteiger partial charge in [-0.2, -0.15) is 4.31 Å². The average molecular weight is 423 g/mol. The van der Waals surface area contributed by atoms with Crippen molar-refractivity contribution in [2.24, 2.45) is 0 Å². The quantitative estimate of drug-likeness (QED) is 0.519. The molecule has 146 valence electrons. The van der Waals surface area contributed by atoms with Crippen LogP contribution >= 0.6 is 11.6 Å². The summed E-state index contributed by atoms with van der Waals surface area (Å²) in [4.78, 5) is 37.2. The number of hydrogen-bond donors (Lipinski definition) is 0. The Morgan fingerprint density at radius 3 is 2.11 bits per heavy atom. The topological polar surface area (TPSA) is 101 Å². The van der Waals surface area contributed by atoms with Gasteiger partial charge in [-0.3, -0.25) is 14.4 Å². The Kier molecular flexibility index (Phi) is 5.50. The van der Waals surface area contributed by atoms with Gasteiger partial charge in [-0.1, -0.05) is 23.7 Å². The second-order valence-corrected chi connectivity index (χ2v) is 8.43. The van der Waals surface area contributed by atoms with E-state index in [0.717, 1.165) is 9.21 Å². The molecule has 0 atom stereocenters. The zero-order valence-electron chi connectivity index (χ0n) is 14.7. The van der Waals surface area contributed by atoms with E-state index in [9.17, 15) is 22.8 Å². The van der Waals surface area contributed by atoms with Gasteiger partial charge in [-0.05, 0) is 36.4 Å². The van der Waals surface area contributed by atoms with Gasteiger partial charge in [-0.15, -0.1) is 0 Å². The Hall–Kier alpha value is -2.75. The molecule has 28 heavy (non-hydrogen) atoms. The summed E-state index contributed by atoms with van der Waals surface area (Å²) < 4.78 is 30.6. The summed E-state index contributed by atoms with van der Waals surface area (Å²) in [6, 6.07) is 11.7. The van der Waals surface area contributed by atoms with Crippen LogP contribution in [-0.2, 0) is 19.6 Å². The fraction of sp³-hybridized carbons (Fsp3) is 0.167. The van der Waals surface area contributed by atoms with E-state index in [-0.39, 0.29) is 16.0 Å². The van der Waals surface area contributed by atoms with Gasteiger partial charge in [0.25, 0.3) is 11.8 Å². The SMILES string of the molecule is CN(CC(=O)OCN1C(=O)c2ccccc2C1=O)S(=O)(=O)c1ccc(Cl)cc1. The van der Waals surface area contributed by atoms with Gasteiger partial charge in [0.15, 0.2) is 6.73 Å².